The SMILES string of the molecule is O=S1(=O)CCC(NCC2CCCS2(=O)=O)C1. The van der Waals surface area contributed by atoms with Crippen LogP contribution in [-0.2, 0) is 19.7 Å². The van der Waals surface area contributed by atoms with E-state index in [2.05, 4.69) is 5.32 Å². The molecule has 16 heavy (non-hydrogen) atoms. The van der Waals surface area contributed by atoms with Gasteiger partial charge in [0.15, 0.2) is 19.7 Å². The highest BCUT2D eigenvalue weighted by Gasteiger charge is 2.33. The lowest BCUT2D eigenvalue weighted by molar-refractivity contribution is 0.528. The quantitative estimate of drug-likeness (QED) is 0.734. The zero-order valence-electron chi connectivity index (χ0n) is 9.05. The van der Waals surface area contributed by atoms with Gasteiger partial charge in [-0.25, -0.2) is 16.8 Å². The Morgan fingerprint density at radius 1 is 1.06 bits per heavy atom. The fourth-order valence-electron chi connectivity index (χ4n) is 2.34. The Labute approximate surface area is 96.4 Å². The van der Waals surface area contributed by atoms with Gasteiger partial charge in [-0.3, -0.25) is 0 Å². The van der Waals surface area contributed by atoms with Crippen LogP contribution in [0, 0.1) is 0 Å². The Hall–Kier alpha value is -0.140. The van der Waals surface area contributed by atoms with E-state index < -0.39 is 19.7 Å². The van der Waals surface area contributed by atoms with E-state index >= 15 is 0 Å². The van der Waals surface area contributed by atoms with Gasteiger partial charge in [-0.05, 0) is 19.3 Å². The highest BCUT2D eigenvalue weighted by Crippen LogP contribution is 2.20. The molecular weight excluding hydrogens is 250 g/mol. The van der Waals surface area contributed by atoms with Crippen LogP contribution in [0.25, 0.3) is 0 Å². The second kappa shape index (κ2) is 4.27. The van der Waals surface area contributed by atoms with Crippen LogP contribution in [0.2, 0.25) is 0 Å². The van der Waals surface area contributed by atoms with Crippen LogP contribution in [0.15, 0.2) is 0 Å². The molecular formula is C9H17NO4S2. The fourth-order valence-corrected chi connectivity index (χ4v) is 5.83. The summed E-state index contributed by atoms with van der Waals surface area (Å²) in [6.45, 7) is 0.405. The van der Waals surface area contributed by atoms with Gasteiger partial charge < -0.3 is 5.32 Å². The van der Waals surface area contributed by atoms with Gasteiger partial charge in [0.05, 0.1) is 22.5 Å². The first-order valence-electron chi connectivity index (χ1n) is 5.54. The fraction of sp³-hybridized carbons (Fsp3) is 1.00. The molecule has 0 aromatic heterocycles. The molecule has 0 aromatic carbocycles. The Morgan fingerprint density at radius 2 is 1.81 bits per heavy atom. The third kappa shape index (κ3) is 2.75. The van der Waals surface area contributed by atoms with Crippen LogP contribution in [-0.4, -0.2) is 51.9 Å². The van der Waals surface area contributed by atoms with Crippen molar-refractivity contribution in [1.82, 2.24) is 5.32 Å². The highest BCUT2D eigenvalue weighted by atomic mass is 32.2. The third-order valence-electron chi connectivity index (χ3n) is 3.33. The molecule has 2 atom stereocenters. The molecule has 2 rings (SSSR count). The summed E-state index contributed by atoms with van der Waals surface area (Å²) >= 11 is 0. The van der Waals surface area contributed by atoms with Crippen molar-refractivity contribution in [2.75, 3.05) is 23.8 Å². The van der Waals surface area contributed by atoms with E-state index in [0.717, 1.165) is 6.42 Å². The molecule has 94 valence electrons. The van der Waals surface area contributed by atoms with Crippen molar-refractivity contribution < 1.29 is 16.8 Å². The second-order valence-electron chi connectivity index (χ2n) is 4.64. The number of rotatable bonds is 3. The predicted octanol–water partition coefficient (Wildman–Crippen LogP) is -0.660. The van der Waals surface area contributed by atoms with E-state index in [0.29, 0.717) is 19.4 Å². The van der Waals surface area contributed by atoms with Crippen LogP contribution in [0.1, 0.15) is 19.3 Å². The number of nitrogens with one attached hydrogen (secondary N) is 1. The average Bonchev–Trinajstić information content (AvgIpc) is 2.66. The van der Waals surface area contributed by atoms with E-state index in [1.54, 1.807) is 0 Å². The average molecular weight is 267 g/mol. The molecule has 0 saturated carbocycles. The molecule has 0 amide bonds. The predicted molar refractivity (Wildman–Crippen MR) is 61.9 cm³/mol. The largest absolute Gasteiger partial charge is 0.312 e. The summed E-state index contributed by atoms with van der Waals surface area (Å²) < 4.78 is 45.5. The van der Waals surface area contributed by atoms with Gasteiger partial charge in [-0.15, -0.1) is 0 Å². The minimum Gasteiger partial charge on any atom is -0.312 e. The first kappa shape index (κ1) is 12.3. The van der Waals surface area contributed by atoms with Crippen molar-refractivity contribution in [2.45, 2.75) is 30.6 Å². The lowest BCUT2D eigenvalue weighted by Gasteiger charge is -2.14. The zero-order valence-corrected chi connectivity index (χ0v) is 10.7. The minimum absolute atomic E-state index is 0.0548. The van der Waals surface area contributed by atoms with E-state index in [-0.39, 0.29) is 28.6 Å². The van der Waals surface area contributed by atoms with Crippen molar-refractivity contribution in [3.63, 3.8) is 0 Å². The molecule has 2 aliphatic heterocycles. The Bertz CT molecular complexity index is 454. The van der Waals surface area contributed by atoms with E-state index in [1.807, 2.05) is 0 Å². The summed E-state index contributed by atoms with van der Waals surface area (Å²) in [4.78, 5) is 0. The van der Waals surface area contributed by atoms with Crippen LogP contribution in [0.3, 0.4) is 0 Å². The second-order valence-corrected chi connectivity index (χ2v) is 9.27. The Kier molecular flexibility index (Phi) is 3.29. The minimum atomic E-state index is -2.92. The number of hydrogen-bond acceptors (Lipinski definition) is 5. The molecule has 2 fully saturated rings. The Balaban J connectivity index is 1.85. The summed E-state index contributed by atoms with van der Waals surface area (Å²) in [5.74, 6) is 0.657. The zero-order chi connectivity index (χ0) is 11.8. The van der Waals surface area contributed by atoms with Gasteiger partial charge in [0, 0.05) is 12.6 Å². The molecule has 0 radical (unpaired) electrons. The van der Waals surface area contributed by atoms with E-state index in [9.17, 15) is 16.8 Å². The first-order chi connectivity index (χ1) is 7.39. The summed E-state index contributed by atoms with van der Waals surface area (Å²) in [7, 11) is -5.80. The van der Waals surface area contributed by atoms with Crippen LogP contribution in [0.5, 0.6) is 0 Å². The van der Waals surface area contributed by atoms with Gasteiger partial charge in [0.25, 0.3) is 0 Å². The molecule has 2 unspecified atom stereocenters. The molecule has 0 aromatic rings. The maximum atomic E-state index is 11.5. The monoisotopic (exact) mass is 267 g/mol. The molecule has 0 bridgehead atoms. The van der Waals surface area contributed by atoms with E-state index in [4.69, 9.17) is 0 Å². The molecule has 2 aliphatic rings. The summed E-state index contributed by atoms with van der Waals surface area (Å²) in [6.07, 6.45) is 2.04. The number of sulfone groups is 2. The summed E-state index contributed by atoms with van der Waals surface area (Å²) in [5.41, 5.74) is 0. The lowest BCUT2D eigenvalue weighted by atomic mass is 10.2. The van der Waals surface area contributed by atoms with Gasteiger partial charge >= 0.3 is 0 Å². The third-order valence-corrected chi connectivity index (χ3v) is 7.37. The van der Waals surface area contributed by atoms with Crippen molar-refractivity contribution in [3.8, 4) is 0 Å². The number of hydrogen-bond donors (Lipinski definition) is 1. The molecule has 5 nitrogen and oxygen atoms in total. The maximum Gasteiger partial charge on any atom is 0.154 e. The molecule has 2 saturated heterocycles. The van der Waals surface area contributed by atoms with Gasteiger partial charge in [0.2, 0.25) is 0 Å². The lowest BCUT2D eigenvalue weighted by Crippen LogP contribution is -2.38. The van der Waals surface area contributed by atoms with Gasteiger partial charge in [-0.2, -0.15) is 0 Å². The summed E-state index contributed by atoms with van der Waals surface area (Å²) in [5, 5.41) is 2.77. The van der Waals surface area contributed by atoms with Crippen molar-refractivity contribution in [3.05, 3.63) is 0 Å². The van der Waals surface area contributed by atoms with Crippen molar-refractivity contribution >= 4 is 19.7 Å². The molecule has 1 N–H and O–H groups in total. The van der Waals surface area contributed by atoms with Crippen molar-refractivity contribution in [2.24, 2.45) is 0 Å². The smallest absolute Gasteiger partial charge is 0.154 e. The van der Waals surface area contributed by atoms with Crippen LogP contribution >= 0.6 is 0 Å². The van der Waals surface area contributed by atoms with Crippen LogP contribution in [0.4, 0.5) is 0 Å². The van der Waals surface area contributed by atoms with E-state index in [1.165, 1.54) is 0 Å². The van der Waals surface area contributed by atoms with Crippen LogP contribution < -0.4 is 5.32 Å². The molecule has 2 heterocycles. The first-order valence-corrected chi connectivity index (χ1v) is 9.08. The molecule has 0 spiro atoms. The van der Waals surface area contributed by atoms with Gasteiger partial charge in [-0.1, -0.05) is 0 Å². The topological polar surface area (TPSA) is 80.3 Å². The molecule has 7 heteroatoms. The standard InChI is InChI=1S/C9H17NO4S2/c11-15(12)5-3-8(7-15)10-6-9-2-1-4-16(9,13)14/h8-10H,1-7H2. The maximum absolute atomic E-state index is 11.5. The normalized spacial score (nSPS) is 36.5. The summed E-state index contributed by atoms with van der Waals surface area (Å²) in [6, 6.07) is -0.0548. The molecule has 0 aliphatic carbocycles. The highest BCUT2D eigenvalue weighted by molar-refractivity contribution is 7.92. The Morgan fingerprint density at radius 3 is 2.31 bits per heavy atom. The van der Waals surface area contributed by atoms with Gasteiger partial charge in [0.1, 0.15) is 0 Å². The van der Waals surface area contributed by atoms with Crippen molar-refractivity contribution in [1.29, 1.82) is 0 Å².